The summed E-state index contributed by atoms with van der Waals surface area (Å²) in [7, 11) is 0. The summed E-state index contributed by atoms with van der Waals surface area (Å²) in [5.41, 5.74) is 1.09. The predicted molar refractivity (Wildman–Crippen MR) is 70.7 cm³/mol. The summed E-state index contributed by atoms with van der Waals surface area (Å²) in [6.07, 6.45) is 1.79. The van der Waals surface area contributed by atoms with Gasteiger partial charge in [0.25, 0.3) is 0 Å². The average Bonchev–Trinajstić information content (AvgIpc) is 2.57. The second kappa shape index (κ2) is 6.15. The van der Waals surface area contributed by atoms with Gasteiger partial charge in [-0.1, -0.05) is 27.7 Å². The van der Waals surface area contributed by atoms with Crippen LogP contribution in [0.15, 0.2) is 0 Å². The van der Waals surface area contributed by atoms with Gasteiger partial charge in [-0.25, -0.2) is 4.98 Å². The van der Waals surface area contributed by atoms with E-state index < -0.39 is 5.97 Å². The molecule has 1 aromatic heterocycles. The van der Waals surface area contributed by atoms with E-state index in [1.807, 2.05) is 0 Å². The minimum absolute atomic E-state index is 0.197. The summed E-state index contributed by atoms with van der Waals surface area (Å²) < 4.78 is 0. The summed E-state index contributed by atoms with van der Waals surface area (Å²) in [6.45, 7) is 8.57. The first-order valence-corrected chi connectivity index (χ1v) is 6.92. The van der Waals surface area contributed by atoms with E-state index in [1.165, 1.54) is 0 Å². The molecule has 1 N–H and O–H groups in total. The van der Waals surface area contributed by atoms with Gasteiger partial charge in [-0.15, -0.1) is 11.3 Å². The molecule has 0 bridgehead atoms. The highest BCUT2D eigenvalue weighted by molar-refractivity contribution is 7.11. The summed E-state index contributed by atoms with van der Waals surface area (Å²) >= 11 is 1.68. The van der Waals surface area contributed by atoms with Gasteiger partial charge < -0.3 is 5.11 Å². The zero-order valence-electron chi connectivity index (χ0n) is 11.0. The molecule has 0 amide bonds. The highest BCUT2D eigenvalue weighted by Crippen LogP contribution is 2.27. The van der Waals surface area contributed by atoms with E-state index in [4.69, 9.17) is 5.11 Å². The molecular formula is C13H21NO2S. The van der Waals surface area contributed by atoms with Crippen LogP contribution in [0.5, 0.6) is 0 Å². The topological polar surface area (TPSA) is 50.2 Å². The van der Waals surface area contributed by atoms with Crippen LogP contribution in [-0.2, 0) is 17.6 Å². The Hall–Kier alpha value is -0.900. The fourth-order valence-electron chi connectivity index (χ4n) is 1.70. The Labute approximate surface area is 107 Å². The molecule has 1 heterocycles. The van der Waals surface area contributed by atoms with Crippen LogP contribution in [0.2, 0.25) is 0 Å². The van der Waals surface area contributed by atoms with Crippen molar-refractivity contribution in [3.05, 3.63) is 15.6 Å². The van der Waals surface area contributed by atoms with E-state index in [9.17, 15) is 4.79 Å². The number of thiazole rings is 1. The van der Waals surface area contributed by atoms with Crippen LogP contribution < -0.4 is 0 Å². The molecule has 0 aliphatic carbocycles. The van der Waals surface area contributed by atoms with Crippen molar-refractivity contribution in [2.45, 2.75) is 52.9 Å². The molecule has 0 unspecified atom stereocenters. The molecule has 0 aliphatic rings. The monoisotopic (exact) mass is 255 g/mol. The summed E-state index contributed by atoms with van der Waals surface area (Å²) in [5.74, 6) is 0.225. The number of hydrogen-bond acceptors (Lipinski definition) is 3. The lowest BCUT2D eigenvalue weighted by atomic mass is 10.1. The van der Waals surface area contributed by atoms with Crippen molar-refractivity contribution in [3.8, 4) is 0 Å². The van der Waals surface area contributed by atoms with Crippen molar-refractivity contribution in [2.75, 3.05) is 0 Å². The number of carboxylic acids is 1. The summed E-state index contributed by atoms with van der Waals surface area (Å²) in [5, 5.41) is 9.88. The molecular weight excluding hydrogens is 234 g/mol. The lowest BCUT2D eigenvalue weighted by Gasteiger charge is -2.03. The van der Waals surface area contributed by atoms with Gasteiger partial charge in [-0.05, 0) is 18.3 Å². The summed E-state index contributed by atoms with van der Waals surface area (Å²) in [4.78, 5) is 16.4. The molecule has 0 saturated carbocycles. The number of carbonyl (C=O) groups is 1. The van der Waals surface area contributed by atoms with E-state index in [1.54, 1.807) is 11.3 Å². The van der Waals surface area contributed by atoms with Gasteiger partial charge in [0.2, 0.25) is 0 Å². The second-order valence-electron chi connectivity index (χ2n) is 5.06. The van der Waals surface area contributed by atoms with Crippen molar-refractivity contribution in [1.29, 1.82) is 0 Å². The molecule has 96 valence electrons. The van der Waals surface area contributed by atoms with Gasteiger partial charge in [0.15, 0.2) is 0 Å². The quantitative estimate of drug-likeness (QED) is 0.846. The molecule has 0 spiro atoms. The molecule has 3 nitrogen and oxygen atoms in total. The van der Waals surface area contributed by atoms with Crippen LogP contribution in [0.1, 0.15) is 55.6 Å². The highest BCUT2D eigenvalue weighted by atomic mass is 32.1. The van der Waals surface area contributed by atoms with Crippen molar-refractivity contribution in [2.24, 2.45) is 5.92 Å². The molecule has 1 aromatic rings. The molecule has 17 heavy (non-hydrogen) atoms. The SMILES string of the molecule is CC(C)Cc1nc(C(C)C)c(CCC(=O)O)s1. The molecule has 0 aliphatic heterocycles. The molecule has 0 saturated heterocycles. The zero-order chi connectivity index (χ0) is 13.0. The first-order valence-electron chi connectivity index (χ1n) is 6.10. The number of aromatic nitrogens is 1. The Morgan fingerprint density at radius 2 is 2.00 bits per heavy atom. The smallest absolute Gasteiger partial charge is 0.303 e. The highest BCUT2D eigenvalue weighted by Gasteiger charge is 2.15. The van der Waals surface area contributed by atoms with E-state index in [-0.39, 0.29) is 6.42 Å². The van der Waals surface area contributed by atoms with Gasteiger partial charge in [0, 0.05) is 11.3 Å². The zero-order valence-corrected chi connectivity index (χ0v) is 11.8. The Kier molecular flexibility index (Phi) is 5.12. The molecule has 1 rings (SSSR count). The fourth-order valence-corrected chi connectivity index (χ4v) is 3.14. The number of nitrogens with zero attached hydrogens (tertiary/aromatic N) is 1. The predicted octanol–water partition coefficient (Wildman–Crippen LogP) is 3.48. The first-order chi connectivity index (χ1) is 7.90. The van der Waals surface area contributed by atoms with Crippen molar-refractivity contribution in [1.82, 2.24) is 4.98 Å². The largest absolute Gasteiger partial charge is 0.481 e. The minimum Gasteiger partial charge on any atom is -0.481 e. The molecule has 0 fully saturated rings. The minimum atomic E-state index is -0.737. The number of rotatable bonds is 6. The molecule has 0 radical (unpaired) electrons. The van der Waals surface area contributed by atoms with E-state index in [0.29, 0.717) is 18.3 Å². The number of hydrogen-bond donors (Lipinski definition) is 1. The summed E-state index contributed by atoms with van der Waals surface area (Å²) in [6, 6.07) is 0. The van der Waals surface area contributed by atoms with Crippen LogP contribution in [0.4, 0.5) is 0 Å². The average molecular weight is 255 g/mol. The molecule has 0 atom stereocenters. The standard InChI is InChI=1S/C13H21NO2S/c1-8(2)7-11-14-13(9(3)4)10(17-11)5-6-12(15)16/h8-9H,5-7H2,1-4H3,(H,15,16). The third-order valence-corrected chi connectivity index (χ3v) is 3.62. The van der Waals surface area contributed by atoms with E-state index in [0.717, 1.165) is 22.0 Å². The normalized spacial score (nSPS) is 11.4. The van der Waals surface area contributed by atoms with Crippen molar-refractivity contribution >= 4 is 17.3 Å². The third-order valence-electron chi connectivity index (χ3n) is 2.47. The van der Waals surface area contributed by atoms with Crippen LogP contribution in [-0.4, -0.2) is 16.1 Å². The van der Waals surface area contributed by atoms with Crippen molar-refractivity contribution < 1.29 is 9.90 Å². The Bertz CT molecular complexity index is 383. The van der Waals surface area contributed by atoms with E-state index in [2.05, 4.69) is 32.7 Å². The van der Waals surface area contributed by atoms with Crippen LogP contribution in [0, 0.1) is 5.92 Å². The molecule has 4 heteroatoms. The lowest BCUT2D eigenvalue weighted by molar-refractivity contribution is -0.136. The molecule has 0 aromatic carbocycles. The third kappa shape index (κ3) is 4.46. The maximum absolute atomic E-state index is 10.6. The van der Waals surface area contributed by atoms with Gasteiger partial charge in [-0.3, -0.25) is 4.79 Å². The second-order valence-corrected chi connectivity index (χ2v) is 6.23. The van der Waals surface area contributed by atoms with Gasteiger partial charge in [0.1, 0.15) is 0 Å². The van der Waals surface area contributed by atoms with Gasteiger partial charge in [-0.2, -0.15) is 0 Å². The Morgan fingerprint density at radius 3 is 2.47 bits per heavy atom. The van der Waals surface area contributed by atoms with Crippen LogP contribution >= 0.6 is 11.3 Å². The Morgan fingerprint density at radius 1 is 1.35 bits per heavy atom. The Balaban J connectivity index is 2.85. The van der Waals surface area contributed by atoms with Crippen LogP contribution in [0.25, 0.3) is 0 Å². The van der Waals surface area contributed by atoms with Gasteiger partial charge in [0.05, 0.1) is 17.1 Å². The van der Waals surface area contributed by atoms with Gasteiger partial charge >= 0.3 is 5.97 Å². The van der Waals surface area contributed by atoms with Crippen LogP contribution in [0.3, 0.4) is 0 Å². The maximum Gasteiger partial charge on any atom is 0.303 e. The number of aliphatic carboxylic acids is 1. The first kappa shape index (κ1) is 14.2. The van der Waals surface area contributed by atoms with Crippen molar-refractivity contribution in [3.63, 3.8) is 0 Å². The lowest BCUT2D eigenvalue weighted by Crippen LogP contribution is -2.00. The maximum atomic E-state index is 10.6. The number of aryl methyl sites for hydroxylation is 1. The number of carboxylic acid groups (broad SMARTS) is 1. The fraction of sp³-hybridized carbons (Fsp3) is 0.692. The van der Waals surface area contributed by atoms with E-state index >= 15 is 0 Å².